The van der Waals surface area contributed by atoms with Gasteiger partial charge in [0.25, 0.3) is 0 Å². The van der Waals surface area contributed by atoms with E-state index >= 15 is 0 Å². The minimum atomic E-state index is -0.0619. The van der Waals surface area contributed by atoms with E-state index in [4.69, 9.17) is 15.1 Å². The van der Waals surface area contributed by atoms with Gasteiger partial charge in [0.15, 0.2) is 0 Å². The maximum absolute atomic E-state index is 9.07. The van der Waals surface area contributed by atoms with Crippen molar-refractivity contribution in [2.75, 3.05) is 0 Å². The van der Waals surface area contributed by atoms with Gasteiger partial charge in [0.05, 0.1) is 23.9 Å². The lowest BCUT2D eigenvalue weighted by Crippen LogP contribution is -2.00. The normalized spacial score (nSPS) is 9.95. The zero-order valence-corrected chi connectivity index (χ0v) is 10.6. The number of benzene rings is 1. The second-order valence-electron chi connectivity index (χ2n) is 4.19. The molecule has 0 atom stereocenters. The number of nitriles is 1. The van der Waals surface area contributed by atoms with Crippen molar-refractivity contribution in [3.8, 4) is 11.8 Å². The van der Waals surface area contributed by atoms with Gasteiger partial charge in [-0.2, -0.15) is 5.26 Å². The highest BCUT2D eigenvalue weighted by Gasteiger charge is 2.04. The van der Waals surface area contributed by atoms with Crippen molar-refractivity contribution in [1.82, 2.24) is 4.98 Å². The summed E-state index contributed by atoms with van der Waals surface area (Å²) < 4.78 is 5.68. The number of ether oxygens (including phenoxy) is 1. The molecule has 0 amide bonds. The first-order valence-corrected chi connectivity index (χ1v) is 5.91. The average molecular weight is 254 g/mol. The molecule has 2 aromatic rings. The summed E-state index contributed by atoms with van der Waals surface area (Å²) in [6.07, 6.45) is 1.62. The van der Waals surface area contributed by atoms with Gasteiger partial charge >= 0.3 is 0 Å². The Kier molecular flexibility index (Phi) is 4.11. The van der Waals surface area contributed by atoms with E-state index in [9.17, 15) is 0 Å². The van der Waals surface area contributed by atoms with Crippen LogP contribution in [0, 0.1) is 18.3 Å². The summed E-state index contributed by atoms with van der Waals surface area (Å²) in [7, 11) is 0. The Hall–Kier alpha value is -2.38. The number of nitrogens with zero attached hydrogens (tertiary/aromatic N) is 2. The maximum Gasteiger partial charge on any atom is 0.141 e. The van der Waals surface area contributed by atoms with Crippen LogP contribution in [-0.4, -0.2) is 10.1 Å². The van der Waals surface area contributed by atoms with E-state index in [1.54, 1.807) is 24.4 Å². The van der Waals surface area contributed by atoms with Crippen LogP contribution in [0.4, 0.5) is 0 Å². The van der Waals surface area contributed by atoms with Gasteiger partial charge in [0.1, 0.15) is 12.4 Å². The monoisotopic (exact) mass is 254 g/mol. The molecule has 0 bridgehead atoms. The van der Waals surface area contributed by atoms with Gasteiger partial charge < -0.3 is 9.84 Å². The number of pyridine rings is 1. The quantitative estimate of drug-likeness (QED) is 0.909. The zero-order valence-electron chi connectivity index (χ0n) is 10.6. The summed E-state index contributed by atoms with van der Waals surface area (Å²) in [5.41, 5.74) is 3.02. The van der Waals surface area contributed by atoms with Gasteiger partial charge in [-0.05, 0) is 36.2 Å². The van der Waals surface area contributed by atoms with E-state index in [1.165, 1.54) is 0 Å². The number of aliphatic hydroxyl groups excluding tert-OH is 1. The molecule has 1 aromatic heterocycles. The van der Waals surface area contributed by atoms with Crippen molar-refractivity contribution >= 4 is 0 Å². The fraction of sp³-hybridized carbons (Fsp3) is 0.200. The van der Waals surface area contributed by atoms with Crippen molar-refractivity contribution in [3.63, 3.8) is 0 Å². The van der Waals surface area contributed by atoms with E-state index in [-0.39, 0.29) is 6.61 Å². The third kappa shape index (κ3) is 3.30. The van der Waals surface area contributed by atoms with E-state index < -0.39 is 0 Å². The molecule has 0 spiro atoms. The molecular weight excluding hydrogens is 240 g/mol. The number of aliphatic hydroxyl groups is 1. The Balaban J connectivity index is 2.12. The molecule has 1 aromatic carbocycles. The number of hydrogen-bond donors (Lipinski definition) is 1. The molecule has 0 unspecified atom stereocenters. The SMILES string of the molecule is Cc1ncc(CO)cc1OCc1cccc(C#N)c1. The van der Waals surface area contributed by atoms with Crippen molar-refractivity contribution in [2.24, 2.45) is 0 Å². The summed E-state index contributed by atoms with van der Waals surface area (Å²) in [5, 5.41) is 17.9. The lowest BCUT2D eigenvalue weighted by Gasteiger charge is -2.09. The molecule has 19 heavy (non-hydrogen) atoms. The minimum absolute atomic E-state index is 0.0619. The Bertz CT molecular complexity index is 618. The van der Waals surface area contributed by atoms with Gasteiger partial charge in [-0.3, -0.25) is 4.98 Å². The van der Waals surface area contributed by atoms with Crippen LogP contribution in [0.1, 0.15) is 22.4 Å². The van der Waals surface area contributed by atoms with Crippen molar-refractivity contribution < 1.29 is 9.84 Å². The predicted octanol–water partition coefficient (Wildman–Crippen LogP) is 2.33. The van der Waals surface area contributed by atoms with E-state index in [2.05, 4.69) is 11.1 Å². The van der Waals surface area contributed by atoms with Gasteiger partial charge in [-0.15, -0.1) is 0 Å². The molecule has 2 rings (SSSR count). The highest BCUT2D eigenvalue weighted by molar-refractivity contribution is 5.34. The predicted molar refractivity (Wildman–Crippen MR) is 70.4 cm³/mol. The smallest absolute Gasteiger partial charge is 0.141 e. The van der Waals surface area contributed by atoms with Crippen LogP contribution in [0.2, 0.25) is 0 Å². The van der Waals surface area contributed by atoms with Crippen LogP contribution in [0.25, 0.3) is 0 Å². The zero-order chi connectivity index (χ0) is 13.7. The summed E-state index contributed by atoms with van der Waals surface area (Å²) in [5.74, 6) is 0.647. The van der Waals surface area contributed by atoms with Gasteiger partial charge in [-0.25, -0.2) is 0 Å². The summed E-state index contributed by atoms with van der Waals surface area (Å²) in [4.78, 5) is 4.16. The van der Waals surface area contributed by atoms with E-state index in [0.717, 1.165) is 11.3 Å². The molecule has 0 saturated heterocycles. The largest absolute Gasteiger partial charge is 0.487 e. The van der Waals surface area contributed by atoms with Crippen molar-refractivity contribution in [2.45, 2.75) is 20.1 Å². The molecule has 0 aliphatic carbocycles. The summed E-state index contributed by atoms with van der Waals surface area (Å²) in [6.45, 7) is 2.16. The molecule has 4 heteroatoms. The number of aryl methyl sites for hydroxylation is 1. The molecule has 1 heterocycles. The van der Waals surface area contributed by atoms with Gasteiger partial charge in [0.2, 0.25) is 0 Å². The highest BCUT2D eigenvalue weighted by atomic mass is 16.5. The van der Waals surface area contributed by atoms with Gasteiger partial charge in [0, 0.05) is 6.20 Å². The fourth-order valence-electron chi connectivity index (χ4n) is 1.68. The average Bonchev–Trinajstić information content (AvgIpc) is 2.46. The Morgan fingerprint density at radius 2 is 2.16 bits per heavy atom. The van der Waals surface area contributed by atoms with Crippen molar-refractivity contribution in [1.29, 1.82) is 5.26 Å². The van der Waals surface area contributed by atoms with Crippen LogP contribution in [0.15, 0.2) is 36.5 Å². The number of aromatic nitrogens is 1. The second kappa shape index (κ2) is 5.98. The lowest BCUT2D eigenvalue weighted by atomic mass is 10.1. The topological polar surface area (TPSA) is 66.1 Å². The fourth-order valence-corrected chi connectivity index (χ4v) is 1.68. The highest BCUT2D eigenvalue weighted by Crippen LogP contribution is 2.18. The maximum atomic E-state index is 9.07. The molecule has 0 aliphatic rings. The van der Waals surface area contributed by atoms with Crippen LogP contribution in [0.3, 0.4) is 0 Å². The molecule has 0 aliphatic heterocycles. The van der Waals surface area contributed by atoms with Crippen LogP contribution in [-0.2, 0) is 13.2 Å². The first-order chi connectivity index (χ1) is 9.22. The van der Waals surface area contributed by atoms with Gasteiger partial charge in [-0.1, -0.05) is 12.1 Å². The molecule has 0 saturated carbocycles. The first kappa shape index (κ1) is 13.1. The summed E-state index contributed by atoms with van der Waals surface area (Å²) >= 11 is 0. The Labute approximate surface area is 111 Å². The molecule has 96 valence electrons. The van der Waals surface area contributed by atoms with Crippen LogP contribution >= 0.6 is 0 Å². The van der Waals surface area contributed by atoms with Crippen LogP contribution < -0.4 is 4.74 Å². The molecular formula is C15H14N2O2. The molecule has 1 N–H and O–H groups in total. The molecule has 0 radical (unpaired) electrons. The molecule has 4 nitrogen and oxygen atoms in total. The number of hydrogen-bond acceptors (Lipinski definition) is 4. The van der Waals surface area contributed by atoms with E-state index in [1.807, 2.05) is 19.1 Å². The summed E-state index contributed by atoms with van der Waals surface area (Å²) in [6, 6.07) is 11.1. The van der Waals surface area contributed by atoms with Crippen molar-refractivity contribution in [3.05, 3.63) is 58.9 Å². The molecule has 0 fully saturated rings. The Morgan fingerprint density at radius 1 is 1.32 bits per heavy atom. The third-order valence-electron chi connectivity index (χ3n) is 2.73. The lowest BCUT2D eigenvalue weighted by molar-refractivity contribution is 0.276. The standard InChI is InChI=1S/C15H14N2O2/c1-11-15(6-14(9-18)8-17-11)19-10-13-4-2-3-12(5-13)7-16/h2-6,8,18H,9-10H2,1H3. The first-order valence-electron chi connectivity index (χ1n) is 5.91. The van der Waals surface area contributed by atoms with E-state index in [0.29, 0.717) is 23.5 Å². The van der Waals surface area contributed by atoms with Crippen LogP contribution in [0.5, 0.6) is 5.75 Å². The Morgan fingerprint density at radius 3 is 2.89 bits per heavy atom. The third-order valence-corrected chi connectivity index (χ3v) is 2.73. The number of rotatable bonds is 4. The minimum Gasteiger partial charge on any atom is -0.487 e. The second-order valence-corrected chi connectivity index (χ2v) is 4.19.